The van der Waals surface area contributed by atoms with E-state index in [0.29, 0.717) is 24.8 Å². The number of ether oxygens (including phenoxy) is 2. The lowest BCUT2D eigenvalue weighted by atomic mass is 9.45. The molecule has 0 spiro atoms. The molecule has 232 valence electrons. The number of aliphatic hydroxyl groups is 1. The summed E-state index contributed by atoms with van der Waals surface area (Å²) in [7, 11) is 0. The Balaban J connectivity index is 1.54. The number of ketones is 2. The fourth-order valence-corrected chi connectivity index (χ4v) is 8.89. The second-order valence-electron chi connectivity index (χ2n) is 13.8. The Morgan fingerprint density at radius 1 is 1.21 bits per heavy atom. The van der Waals surface area contributed by atoms with Gasteiger partial charge in [-0.1, -0.05) is 43.7 Å². The van der Waals surface area contributed by atoms with Crippen molar-refractivity contribution in [2.75, 3.05) is 6.61 Å². The van der Waals surface area contributed by atoms with Gasteiger partial charge in [0.15, 0.2) is 23.0 Å². The molecule has 8 atom stereocenters. The Morgan fingerprint density at radius 3 is 2.58 bits per heavy atom. The van der Waals surface area contributed by atoms with Crippen LogP contribution in [0.15, 0.2) is 48.1 Å². The molecule has 1 N–H and O–H groups in total. The molecular formula is C33H40FNO8. The molecule has 3 fully saturated rings. The van der Waals surface area contributed by atoms with Crippen molar-refractivity contribution in [3.63, 3.8) is 0 Å². The number of fused-ring (bicyclic) bond motifs is 5. The number of alkyl halides is 1. The number of halogens is 1. The molecule has 10 heteroatoms. The summed E-state index contributed by atoms with van der Waals surface area (Å²) in [4.78, 5) is 50.4. The molecule has 1 aromatic rings. The topological polar surface area (TPSA) is 133 Å². The van der Waals surface area contributed by atoms with Crippen LogP contribution in [-0.4, -0.2) is 51.7 Å². The Kier molecular flexibility index (Phi) is 7.79. The lowest BCUT2D eigenvalue weighted by Crippen LogP contribution is -2.67. The molecule has 5 rings (SSSR count). The number of carbonyl (C=O) groups is 3. The van der Waals surface area contributed by atoms with Gasteiger partial charge in [0, 0.05) is 28.9 Å². The average molecular weight is 598 g/mol. The van der Waals surface area contributed by atoms with E-state index in [1.165, 1.54) is 44.2 Å². The molecule has 43 heavy (non-hydrogen) atoms. The molecule has 1 aromatic carbocycles. The zero-order valence-electron chi connectivity index (χ0n) is 25.3. The minimum Gasteiger partial charge on any atom is -0.459 e. The largest absolute Gasteiger partial charge is 0.459 e. The lowest BCUT2D eigenvalue weighted by molar-refractivity contribution is -0.385. The minimum absolute atomic E-state index is 0.0568. The zero-order valence-corrected chi connectivity index (χ0v) is 25.3. The van der Waals surface area contributed by atoms with Crippen LogP contribution < -0.4 is 0 Å². The number of nitrogens with zero attached hydrogens (tertiary/aromatic N) is 1. The van der Waals surface area contributed by atoms with E-state index in [2.05, 4.69) is 0 Å². The summed E-state index contributed by atoms with van der Waals surface area (Å²) in [5.41, 5.74) is -3.46. The quantitative estimate of drug-likeness (QED) is 0.186. The van der Waals surface area contributed by atoms with Crippen molar-refractivity contribution in [2.45, 2.75) is 84.3 Å². The van der Waals surface area contributed by atoms with Crippen LogP contribution in [0.3, 0.4) is 0 Å². The van der Waals surface area contributed by atoms with E-state index in [1.807, 2.05) is 13.8 Å². The molecule has 4 aliphatic carbocycles. The smallest absolute Gasteiger partial charge is 0.310 e. The van der Waals surface area contributed by atoms with Gasteiger partial charge in [0.1, 0.15) is 12.7 Å². The van der Waals surface area contributed by atoms with Crippen molar-refractivity contribution in [3.05, 3.63) is 63.7 Å². The van der Waals surface area contributed by atoms with Crippen LogP contribution in [0, 0.1) is 44.6 Å². The summed E-state index contributed by atoms with van der Waals surface area (Å²) in [5, 5.41) is 21.6. The number of nitro groups is 1. The van der Waals surface area contributed by atoms with Crippen LogP contribution in [0.25, 0.3) is 0 Å². The Labute approximate surface area is 250 Å². The molecule has 0 radical (unpaired) electrons. The lowest BCUT2D eigenvalue weighted by Gasteiger charge is -2.62. The molecule has 0 bridgehead atoms. The molecular weight excluding hydrogens is 557 g/mol. The first-order valence-electron chi connectivity index (χ1n) is 14.9. The fourth-order valence-electron chi connectivity index (χ4n) is 8.89. The van der Waals surface area contributed by atoms with Crippen molar-refractivity contribution in [2.24, 2.45) is 34.5 Å². The van der Waals surface area contributed by atoms with Gasteiger partial charge in [0.25, 0.3) is 5.69 Å². The number of hydrogen-bond donors (Lipinski definition) is 1. The van der Waals surface area contributed by atoms with Crippen molar-refractivity contribution < 1.29 is 38.3 Å². The predicted molar refractivity (Wildman–Crippen MR) is 154 cm³/mol. The first-order valence-corrected chi connectivity index (χ1v) is 14.9. The third kappa shape index (κ3) is 5.16. The molecule has 0 aliphatic heterocycles. The highest BCUT2D eigenvalue weighted by molar-refractivity contribution is 6.01. The maximum absolute atomic E-state index is 18.3. The number of para-hydroxylation sites is 1. The van der Waals surface area contributed by atoms with E-state index in [0.717, 1.165) is 0 Å². The number of benzene rings is 1. The molecule has 0 amide bonds. The third-order valence-corrected chi connectivity index (χ3v) is 10.7. The average Bonchev–Trinajstić information content (AvgIpc) is 3.17. The molecule has 3 saturated carbocycles. The minimum atomic E-state index is -2.09. The van der Waals surface area contributed by atoms with E-state index >= 15 is 4.39 Å². The second kappa shape index (κ2) is 10.7. The maximum atomic E-state index is 18.3. The van der Waals surface area contributed by atoms with Gasteiger partial charge in [0.2, 0.25) is 0 Å². The number of hydrogen-bond acceptors (Lipinski definition) is 8. The van der Waals surface area contributed by atoms with Crippen LogP contribution in [0.4, 0.5) is 10.1 Å². The van der Waals surface area contributed by atoms with Crippen molar-refractivity contribution in [3.8, 4) is 0 Å². The Morgan fingerprint density at radius 2 is 1.91 bits per heavy atom. The monoisotopic (exact) mass is 597 g/mol. The number of esters is 1. The first kappa shape index (κ1) is 31.2. The van der Waals surface area contributed by atoms with Gasteiger partial charge in [-0.2, -0.15) is 0 Å². The Hall–Kier alpha value is -3.24. The number of Topliss-reactive ketones (excluding diaryl/α,β-unsaturated/α-hetero) is 1. The molecule has 4 aliphatic rings. The summed E-state index contributed by atoms with van der Waals surface area (Å²) in [6.07, 6.45) is 4.33. The predicted octanol–water partition coefficient (Wildman–Crippen LogP) is 5.24. The molecule has 0 heterocycles. The summed E-state index contributed by atoms with van der Waals surface area (Å²) in [6, 6.07) is 5.86. The van der Waals surface area contributed by atoms with E-state index in [-0.39, 0.29) is 47.7 Å². The number of rotatable bonds is 8. The van der Waals surface area contributed by atoms with Gasteiger partial charge in [-0.3, -0.25) is 24.5 Å². The normalized spacial score (nSPS) is 36.7. The standard InChI is InChI=1S/C33H40FNO8/c1-19-14-24-23-11-10-21-16-22(36)12-13-32(21,5)33(23,34)27(17-31(24,4)29(19)26(37)18-42-30(2,3)39)43-28(38)15-20-8-6-7-9-25(20)35(40)41/h6-9,12-13,16,19,23-24,27,29,39H,10-11,14-15,17-18H2,1-5H3/t19-,23?,24?,27+,29?,31+,32+,33?/m1/s1. The highest BCUT2D eigenvalue weighted by Gasteiger charge is 2.73. The third-order valence-electron chi connectivity index (χ3n) is 10.7. The van der Waals surface area contributed by atoms with E-state index < -0.39 is 57.5 Å². The highest BCUT2D eigenvalue weighted by Crippen LogP contribution is 2.70. The molecule has 4 unspecified atom stereocenters. The van der Waals surface area contributed by atoms with Gasteiger partial charge < -0.3 is 14.6 Å². The molecule has 0 saturated heterocycles. The summed E-state index contributed by atoms with van der Waals surface area (Å²) in [5.74, 6) is -4.12. The zero-order chi connectivity index (χ0) is 31.5. The van der Waals surface area contributed by atoms with Gasteiger partial charge in [-0.25, -0.2) is 4.39 Å². The van der Waals surface area contributed by atoms with E-state index in [9.17, 15) is 29.6 Å². The number of allylic oxidation sites excluding steroid dienone is 4. The fraction of sp³-hybridized carbons (Fsp3) is 0.606. The van der Waals surface area contributed by atoms with Crippen LogP contribution in [0.1, 0.15) is 65.9 Å². The van der Waals surface area contributed by atoms with Crippen LogP contribution in [-0.2, 0) is 30.3 Å². The highest BCUT2D eigenvalue weighted by atomic mass is 19.1. The van der Waals surface area contributed by atoms with Crippen molar-refractivity contribution >= 4 is 23.2 Å². The van der Waals surface area contributed by atoms with Gasteiger partial charge in [0.05, 0.1) is 11.3 Å². The van der Waals surface area contributed by atoms with E-state index in [1.54, 1.807) is 19.1 Å². The Bertz CT molecular complexity index is 1410. The van der Waals surface area contributed by atoms with Gasteiger partial charge in [-0.05, 0) is 75.9 Å². The maximum Gasteiger partial charge on any atom is 0.310 e. The van der Waals surface area contributed by atoms with Crippen molar-refractivity contribution in [1.29, 1.82) is 0 Å². The SMILES string of the molecule is C[C@@H]1CC2C3CCC4=CC(=O)C=C[C@]4(C)C3(F)[C@@H](OC(=O)Cc3ccccc3[N+](=O)[O-])C[C@]2(C)C1C(=O)COC(C)(C)O. The van der Waals surface area contributed by atoms with Crippen molar-refractivity contribution in [1.82, 2.24) is 0 Å². The molecule has 9 nitrogen and oxygen atoms in total. The number of carbonyl (C=O) groups excluding carboxylic acids is 3. The first-order chi connectivity index (χ1) is 20.0. The van der Waals surface area contributed by atoms with E-state index in [4.69, 9.17) is 9.47 Å². The summed E-state index contributed by atoms with van der Waals surface area (Å²) in [6.45, 7) is 8.28. The second-order valence-corrected chi connectivity index (χ2v) is 13.8. The number of nitro benzene ring substituents is 1. The van der Waals surface area contributed by atoms with Gasteiger partial charge in [-0.15, -0.1) is 0 Å². The summed E-state index contributed by atoms with van der Waals surface area (Å²) < 4.78 is 29.7. The van der Waals surface area contributed by atoms with Gasteiger partial charge >= 0.3 is 5.97 Å². The van der Waals surface area contributed by atoms with Crippen LogP contribution in [0.5, 0.6) is 0 Å². The van der Waals surface area contributed by atoms with Crippen LogP contribution >= 0.6 is 0 Å². The molecule has 0 aromatic heterocycles. The van der Waals surface area contributed by atoms with Crippen LogP contribution in [0.2, 0.25) is 0 Å². The summed E-state index contributed by atoms with van der Waals surface area (Å²) >= 11 is 0.